The Hall–Kier alpha value is -2.29. The fraction of sp³-hybridized carbons (Fsp3) is 0.0714. The topological polar surface area (TPSA) is 38.3 Å². The van der Waals surface area contributed by atoms with Crippen molar-refractivity contribution in [1.29, 1.82) is 0 Å². The summed E-state index contributed by atoms with van der Waals surface area (Å²) in [5, 5.41) is 0. The van der Waals surface area contributed by atoms with Crippen molar-refractivity contribution in [3.05, 3.63) is 65.7 Å². The van der Waals surface area contributed by atoms with Crippen LogP contribution in [-0.4, -0.2) is 5.91 Å². The van der Waals surface area contributed by atoms with Crippen molar-refractivity contribution >= 4 is 5.91 Å². The third-order valence-electron chi connectivity index (χ3n) is 2.32. The third kappa shape index (κ3) is 3.08. The van der Waals surface area contributed by atoms with Gasteiger partial charge < -0.3 is 4.84 Å². The van der Waals surface area contributed by atoms with E-state index in [0.29, 0.717) is 11.3 Å². The molecule has 0 saturated carbocycles. The van der Waals surface area contributed by atoms with Gasteiger partial charge >= 0.3 is 0 Å². The van der Waals surface area contributed by atoms with Crippen LogP contribution >= 0.6 is 0 Å². The molecule has 0 spiro atoms. The SMILES string of the molecule is Cc1ccc(ONC(=O)c2ccccc2)cc1. The Kier molecular flexibility index (Phi) is 3.40. The molecule has 1 N–H and O–H groups in total. The van der Waals surface area contributed by atoms with E-state index in [1.807, 2.05) is 25.1 Å². The highest BCUT2D eigenvalue weighted by atomic mass is 16.7. The van der Waals surface area contributed by atoms with E-state index in [9.17, 15) is 4.79 Å². The number of hydroxylamine groups is 1. The van der Waals surface area contributed by atoms with Gasteiger partial charge in [-0.15, -0.1) is 0 Å². The predicted molar refractivity (Wildman–Crippen MR) is 65.7 cm³/mol. The second-order valence-corrected chi connectivity index (χ2v) is 3.71. The fourth-order valence-electron chi connectivity index (χ4n) is 1.36. The lowest BCUT2D eigenvalue weighted by molar-refractivity contribution is 0.0760. The van der Waals surface area contributed by atoms with Gasteiger partial charge in [-0.05, 0) is 31.2 Å². The van der Waals surface area contributed by atoms with Gasteiger partial charge in [0.1, 0.15) is 0 Å². The minimum atomic E-state index is -0.258. The number of hydrogen-bond acceptors (Lipinski definition) is 2. The van der Waals surface area contributed by atoms with Gasteiger partial charge in [0.25, 0.3) is 5.91 Å². The molecule has 2 aromatic carbocycles. The maximum Gasteiger partial charge on any atom is 0.283 e. The molecule has 3 nitrogen and oxygen atoms in total. The average molecular weight is 227 g/mol. The Labute approximate surface area is 100.0 Å². The highest BCUT2D eigenvalue weighted by Crippen LogP contribution is 2.10. The quantitative estimate of drug-likeness (QED) is 0.819. The van der Waals surface area contributed by atoms with Crippen LogP contribution in [0.25, 0.3) is 0 Å². The molecule has 0 aliphatic rings. The standard InChI is InChI=1S/C14H13NO2/c1-11-7-9-13(10-8-11)17-15-14(16)12-5-3-2-4-6-12/h2-10H,1H3,(H,15,16). The average Bonchev–Trinajstić information content (AvgIpc) is 2.39. The summed E-state index contributed by atoms with van der Waals surface area (Å²) in [5.74, 6) is 0.353. The number of hydrogen-bond donors (Lipinski definition) is 1. The van der Waals surface area contributed by atoms with E-state index < -0.39 is 0 Å². The molecule has 0 radical (unpaired) electrons. The molecule has 86 valence electrons. The summed E-state index contributed by atoms with van der Waals surface area (Å²) in [7, 11) is 0. The molecule has 0 aliphatic heterocycles. The van der Waals surface area contributed by atoms with Gasteiger partial charge in [0.2, 0.25) is 0 Å². The van der Waals surface area contributed by atoms with Crippen LogP contribution in [0.4, 0.5) is 0 Å². The minimum absolute atomic E-state index is 0.258. The van der Waals surface area contributed by atoms with Gasteiger partial charge in [0.05, 0.1) is 0 Å². The Balaban J connectivity index is 1.95. The number of aryl methyl sites for hydroxylation is 1. The van der Waals surface area contributed by atoms with Crippen LogP contribution in [0, 0.1) is 6.92 Å². The molecule has 0 fully saturated rings. The number of amides is 1. The number of nitrogens with one attached hydrogen (secondary N) is 1. The summed E-state index contributed by atoms with van der Waals surface area (Å²) in [4.78, 5) is 16.8. The normalized spacial score (nSPS) is 9.71. The largest absolute Gasteiger partial charge is 0.379 e. The van der Waals surface area contributed by atoms with E-state index >= 15 is 0 Å². The molecule has 3 heteroatoms. The molecule has 2 aromatic rings. The fourth-order valence-corrected chi connectivity index (χ4v) is 1.36. The van der Waals surface area contributed by atoms with Crippen molar-refractivity contribution < 1.29 is 9.63 Å². The Morgan fingerprint density at radius 3 is 2.29 bits per heavy atom. The predicted octanol–water partition coefficient (Wildman–Crippen LogP) is 2.72. The lowest BCUT2D eigenvalue weighted by Gasteiger charge is -2.06. The van der Waals surface area contributed by atoms with Gasteiger partial charge in [-0.3, -0.25) is 4.79 Å². The molecule has 17 heavy (non-hydrogen) atoms. The molecular formula is C14H13NO2. The zero-order valence-corrected chi connectivity index (χ0v) is 9.51. The molecule has 0 aliphatic carbocycles. The second kappa shape index (κ2) is 5.16. The van der Waals surface area contributed by atoms with Crippen molar-refractivity contribution in [2.75, 3.05) is 0 Å². The lowest BCUT2D eigenvalue weighted by Crippen LogP contribution is -2.26. The van der Waals surface area contributed by atoms with Gasteiger partial charge in [0.15, 0.2) is 5.75 Å². The number of rotatable bonds is 3. The molecule has 0 unspecified atom stereocenters. The minimum Gasteiger partial charge on any atom is -0.379 e. The summed E-state index contributed by atoms with van der Waals surface area (Å²) in [5.41, 5.74) is 4.11. The molecule has 0 heterocycles. The van der Waals surface area contributed by atoms with Gasteiger partial charge in [-0.2, -0.15) is 5.48 Å². The van der Waals surface area contributed by atoms with Gasteiger partial charge in [-0.25, -0.2) is 0 Å². The molecule has 0 atom stereocenters. The smallest absolute Gasteiger partial charge is 0.283 e. The van der Waals surface area contributed by atoms with E-state index in [0.717, 1.165) is 5.56 Å². The molecular weight excluding hydrogens is 214 g/mol. The highest BCUT2D eigenvalue weighted by molar-refractivity contribution is 5.93. The van der Waals surface area contributed by atoms with E-state index in [4.69, 9.17) is 4.84 Å². The van der Waals surface area contributed by atoms with E-state index in [-0.39, 0.29) is 5.91 Å². The molecule has 0 aromatic heterocycles. The number of carbonyl (C=O) groups is 1. The maximum absolute atomic E-state index is 11.6. The van der Waals surface area contributed by atoms with Gasteiger partial charge in [-0.1, -0.05) is 35.9 Å². The highest BCUT2D eigenvalue weighted by Gasteiger charge is 2.04. The zero-order chi connectivity index (χ0) is 12.1. The molecule has 0 saturated heterocycles. The van der Waals surface area contributed by atoms with Crippen LogP contribution in [0.1, 0.15) is 15.9 Å². The van der Waals surface area contributed by atoms with Crippen molar-refractivity contribution in [1.82, 2.24) is 5.48 Å². The monoisotopic (exact) mass is 227 g/mol. The number of benzene rings is 2. The number of carbonyl (C=O) groups excluding carboxylic acids is 1. The van der Waals surface area contributed by atoms with Gasteiger partial charge in [0, 0.05) is 5.56 Å². The molecule has 0 bridgehead atoms. The van der Waals surface area contributed by atoms with Crippen molar-refractivity contribution in [3.8, 4) is 5.75 Å². The first kappa shape index (κ1) is 11.2. The van der Waals surface area contributed by atoms with Crippen molar-refractivity contribution in [2.45, 2.75) is 6.92 Å². The summed E-state index contributed by atoms with van der Waals surface area (Å²) >= 11 is 0. The van der Waals surface area contributed by atoms with E-state index in [2.05, 4.69) is 5.48 Å². The lowest BCUT2D eigenvalue weighted by atomic mass is 10.2. The Bertz CT molecular complexity index is 491. The summed E-state index contributed by atoms with van der Waals surface area (Å²) in [6.45, 7) is 1.99. The molecule has 2 rings (SSSR count). The van der Waals surface area contributed by atoms with Crippen LogP contribution < -0.4 is 10.3 Å². The van der Waals surface area contributed by atoms with Crippen molar-refractivity contribution in [2.24, 2.45) is 0 Å². The Morgan fingerprint density at radius 2 is 1.65 bits per heavy atom. The van der Waals surface area contributed by atoms with Crippen molar-refractivity contribution in [3.63, 3.8) is 0 Å². The summed E-state index contributed by atoms with van der Waals surface area (Å²) in [6, 6.07) is 16.4. The van der Waals surface area contributed by atoms with E-state index in [1.165, 1.54) is 0 Å². The summed E-state index contributed by atoms with van der Waals surface area (Å²) < 4.78 is 0. The van der Waals surface area contributed by atoms with Crippen LogP contribution in [0.3, 0.4) is 0 Å². The van der Waals surface area contributed by atoms with Crippen LogP contribution in [0.2, 0.25) is 0 Å². The zero-order valence-electron chi connectivity index (χ0n) is 9.51. The first-order valence-electron chi connectivity index (χ1n) is 5.34. The maximum atomic E-state index is 11.6. The summed E-state index contributed by atoms with van der Waals surface area (Å²) in [6.07, 6.45) is 0. The third-order valence-corrected chi connectivity index (χ3v) is 2.32. The van der Waals surface area contributed by atoms with E-state index in [1.54, 1.807) is 36.4 Å². The first-order chi connectivity index (χ1) is 8.25. The Morgan fingerprint density at radius 1 is 1.00 bits per heavy atom. The van der Waals surface area contributed by atoms with Crippen LogP contribution in [0.15, 0.2) is 54.6 Å². The van der Waals surface area contributed by atoms with Crippen LogP contribution in [-0.2, 0) is 0 Å². The second-order valence-electron chi connectivity index (χ2n) is 3.71. The first-order valence-corrected chi connectivity index (χ1v) is 5.34. The molecule has 1 amide bonds. The van der Waals surface area contributed by atoms with Crippen LogP contribution in [0.5, 0.6) is 5.75 Å².